The maximum atomic E-state index is 12.3. The molecule has 0 spiro atoms. The van der Waals surface area contributed by atoms with E-state index in [1.54, 1.807) is 12.1 Å². The summed E-state index contributed by atoms with van der Waals surface area (Å²) in [6.07, 6.45) is -0.504. The van der Waals surface area contributed by atoms with Gasteiger partial charge >= 0.3 is 6.16 Å². The molecule has 1 atom stereocenters. The fourth-order valence-corrected chi connectivity index (χ4v) is 2.18. The van der Waals surface area contributed by atoms with Gasteiger partial charge in [0.15, 0.2) is 5.78 Å². The molecule has 1 aliphatic heterocycles. The molecule has 0 saturated carbocycles. The minimum atomic E-state index is -0.791. The Morgan fingerprint density at radius 2 is 2.14 bits per heavy atom. The Hall–Kier alpha value is -2.30. The zero-order chi connectivity index (χ0) is 15.6. The van der Waals surface area contributed by atoms with Crippen LogP contribution in [0.15, 0.2) is 24.3 Å². The molecule has 1 aromatic carbocycles. The van der Waals surface area contributed by atoms with Crippen molar-refractivity contribution in [1.82, 2.24) is 0 Å². The van der Waals surface area contributed by atoms with E-state index in [0.29, 0.717) is 29.7 Å². The first-order valence-corrected chi connectivity index (χ1v) is 6.73. The molecule has 21 heavy (non-hydrogen) atoms. The van der Waals surface area contributed by atoms with Crippen LogP contribution in [0.2, 0.25) is 0 Å². The van der Waals surface area contributed by atoms with Crippen LogP contribution in [0, 0.1) is 6.92 Å². The van der Waals surface area contributed by atoms with E-state index in [4.69, 9.17) is 9.47 Å². The van der Waals surface area contributed by atoms with Gasteiger partial charge in [0.25, 0.3) is 6.29 Å². The van der Waals surface area contributed by atoms with E-state index in [-0.39, 0.29) is 5.78 Å². The number of carbonyl (C=O) groups is 2. The molecule has 1 aromatic rings. The summed E-state index contributed by atoms with van der Waals surface area (Å²) >= 11 is 0. The second kappa shape index (κ2) is 5.99. The normalized spacial score (nSPS) is 15.9. The quantitative estimate of drug-likeness (QED) is 0.484. The van der Waals surface area contributed by atoms with E-state index >= 15 is 0 Å². The van der Waals surface area contributed by atoms with Crippen LogP contribution in [0.25, 0.3) is 0 Å². The van der Waals surface area contributed by atoms with Crippen LogP contribution in [0.4, 0.5) is 4.79 Å². The summed E-state index contributed by atoms with van der Waals surface area (Å²) < 4.78 is 14.9. The molecule has 0 saturated heterocycles. The van der Waals surface area contributed by atoms with Gasteiger partial charge < -0.3 is 14.2 Å². The van der Waals surface area contributed by atoms with Gasteiger partial charge in [0.05, 0.1) is 13.5 Å². The zero-order valence-electron chi connectivity index (χ0n) is 12.4. The van der Waals surface area contributed by atoms with Crippen molar-refractivity contribution < 1.29 is 23.8 Å². The second-order valence-electron chi connectivity index (χ2n) is 4.88. The molecule has 0 aromatic heterocycles. The number of ketones is 1. The molecule has 2 rings (SSSR count). The van der Waals surface area contributed by atoms with Crippen molar-refractivity contribution in [3.63, 3.8) is 0 Å². The molecule has 0 amide bonds. The van der Waals surface area contributed by atoms with Gasteiger partial charge in [-0.1, -0.05) is 13.5 Å². The highest BCUT2D eigenvalue weighted by molar-refractivity contribution is 6.09. The van der Waals surface area contributed by atoms with Crippen molar-refractivity contribution in [3.05, 3.63) is 41.0 Å². The molecular formula is C16H18O5. The van der Waals surface area contributed by atoms with Crippen molar-refractivity contribution >= 4 is 11.9 Å². The molecule has 0 aliphatic carbocycles. The summed E-state index contributed by atoms with van der Waals surface area (Å²) in [6.45, 7) is 7.52. The number of hydrogen-bond acceptors (Lipinski definition) is 5. The Balaban J connectivity index is 2.22. The molecule has 5 nitrogen and oxygen atoms in total. The number of methoxy groups -OCH3 is 1. The van der Waals surface area contributed by atoms with Crippen LogP contribution in [0.3, 0.4) is 0 Å². The molecule has 0 N–H and O–H groups in total. The summed E-state index contributed by atoms with van der Waals surface area (Å²) in [5.41, 5.74) is 2.83. The molecule has 112 valence electrons. The fraction of sp³-hybridized carbons (Fsp3) is 0.375. The van der Waals surface area contributed by atoms with Crippen LogP contribution in [-0.2, 0) is 15.9 Å². The standard InChI is InChI=1S/C16H18O5/c1-5-9(2)15(17)12-7-11-8-14(21-16(18)19-4)20-13(11)6-10(12)3/h6-7,14H,2,5,8H2,1,3-4H3. The van der Waals surface area contributed by atoms with E-state index in [9.17, 15) is 9.59 Å². The lowest BCUT2D eigenvalue weighted by Crippen LogP contribution is -2.21. The van der Waals surface area contributed by atoms with Crippen molar-refractivity contribution in [3.8, 4) is 5.75 Å². The van der Waals surface area contributed by atoms with Gasteiger partial charge in [-0.15, -0.1) is 0 Å². The summed E-state index contributed by atoms with van der Waals surface area (Å²) in [5, 5.41) is 0. The molecule has 1 heterocycles. The lowest BCUT2D eigenvalue weighted by molar-refractivity contribution is -0.0461. The van der Waals surface area contributed by atoms with Crippen molar-refractivity contribution in [2.75, 3.05) is 7.11 Å². The highest BCUT2D eigenvalue weighted by Crippen LogP contribution is 2.33. The first kappa shape index (κ1) is 15.1. The molecule has 0 fully saturated rings. The van der Waals surface area contributed by atoms with E-state index in [1.165, 1.54) is 7.11 Å². The number of allylic oxidation sites excluding steroid dienone is 1. The number of benzene rings is 1. The predicted molar refractivity (Wildman–Crippen MR) is 76.6 cm³/mol. The van der Waals surface area contributed by atoms with Crippen LogP contribution in [0.1, 0.15) is 34.8 Å². The van der Waals surface area contributed by atoms with E-state index < -0.39 is 12.4 Å². The number of Topliss-reactive ketones (excluding diaryl/α,β-unsaturated/α-hetero) is 1. The first-order chi connectivity index (χ1) is 9.96. The van der Waals surface area contributed by atoms with Gasteiger partial charge in [-0.3, -0.25) is 4.79 Å². The zero-order valence-corrected chi connectivity index (χ0v) is 12.4. The van der Waals surface area contributed by atoms with Crippen molar-refractivity contribution in [2.24, 2.45) is 0 Å². The fourth-order valence-electron chi connectivity index (χ4n) is 2.18. The average Bonchev–Trinajstić information content (AvgIpc) is 2.85. The lowest BCUT2D eigenvalue weighted by atomic mass is 9.95. The van der Waals surface area contributed by atoms with Crippen LogP contribution < -0.4 is 4.74 Å². The molecular weight excluding hydrogens is 272 g/mol. The molecule has 0 radical (unpaired) electrons. The van der Waals surface area contributed by atoms with Gasteiger partial charge in [0, 0.05) is 11.1 Å². The van der Waals surface area contributed by atoms with E-state index in [2.05, 4.69) is 11.3 Å². The Morgan fingerprint density at radius 1 is 1.43 bits per heavy atom. The maximum Gasteiger partial charge on any atom is 0.511 e. The maximum absolute atomic E-state index is 12.3. The minimum absolute atomic E-state index is 0.0601. The molecule has 1 aliphatic rings. The third-order valence-electron chi connectivity index (χ3n) is 3.44. The number of fused-ring (bicyclic) bond motifs is 1. The van der Waals surface area contributed by atoms with Gasteiger partial charge in [-0.2, -0.15) is 0 Å². The Labute approximate surface area is 123 Å². The van der Waals surface area contributed by atoms with Crippen LogP contribution >= 0.6 is 0 Å². The van der Waals surface area contributed by atoms with Crippen molar-refractivity contribution in [2.45, 2.75) is 33.0 Å². The summed E-state index contributed by atoms with van der Waals surface area (Å²) in [4.78, 5) is 23.4. The largest absolute Gasteiger partial charge is 0.511 e. The van der Waals surface area contributed by atoms with Crippen LogP contribution in [-0.4, -0.2) is 25.3 Å². The van der Waals surface area contributed by atoms with Gasteiger partial charge in [-0.25, -0.2) is 4.79 Å². The SMILES string of the molecule is C=C(CC)C(=O)c1cc2c(cc1C)OC(OC(=O)OC)C2. The smallest absolute Gasteiger partial charge is 0.454 e. The van der Waals surface area contributed by atoms with Crippen molar-refractivity contribution in [1.29, 1.82) is 0 Å². The Morgan fingerprint density at radius 3 is 2.76 bits per heavy atom. The summed E-state index contributed by atoms with van der Waals surface area (Å²) in [5.74, 6) is 0.565. The lowest BCUT2D eigenvalue weighted by Gasteiger charge is -2.10. The highest BCUT2D eigenvalue weighted by atomic mass is 16.8. The van der Waals surface area contributed by atoms with E-state index in [1.807, 2.05) is 13.8 Å². The number of aryl methyl sites for hydroxylation is 1. The number of ether oxygens (including phenoxy) is 3. The first-order valence-electron chi connectivity index (χ1n) is 6.73. The highest BCUT2D eigenvalue weighted by Gasteiger charge is 2.28. The third-order valence-corrected chi connectivity index (χ3v) is 3.44. The second-order valence-corrected chi connectivity index (χ2v) is 4.88. The summed E-state index contributed by atoms with van der Waals surface area (Å²) in [7, 11) is 1.24. The predicted octanol–water partition coefficient (Wildman–Crippen LogP) is 3.19. The number of carbonyl (C=O) groups excluding carboxylic acids is 2. The third kappa shape index (κ3) is 3.07. The van der Waals surface area contributed by atoms with E-state index in [0.717, 1.165) is 11.1 Å². The van der Waals surface area contributed by atoms with Gasteiger partial charge in [0.1, 0.15) is 5.75 Å². The molecule has 0 bridgehead atoms. The number of hydrogen-bond donors (Lipinski definition) is 0. The minimum Gasteiger partial charge on any atom is -0.454 e. The van der Waals surface area contributed by atoms with Gasteiger partial charge in [-0.05, 0) is 36.6 Å². The molecule has 1 unspecified atom stereocenters. The Bertz CT molecular complexity index is 603. The van der Waals surface area contributed by atoms with Gasteiger partial charge in [0.2, 0.25) is 0 Å². The summed E-state index contributed by atoms with van der Waals surface area (Å²) in [6, 6.07) is 3.57. The monoisotopic (exact) mass is 290 g/mol. The Kier molecular flexibility index (Phi) is 4.31. The van der Waals surface area contributed by atoms with Crippen LogP contribution in [0.5, 0.6) is 5.75 Å². The molecule has 5 heteroatoms. The topological polar surface area (TPSA) is 61.8 Å². The average molecular weight is 290 g/mol. The number of rotatable bonds is 4.